The Morgan fingerprint density at radius 1 is 1.29 bits per heavy atom. The SMILES string of the molecule is CCCOC(=O)c1c(NC(=O)CCn2nc(C)c(Cl)c2C)sc2c1CCCC2. The summed E-state index contributed by atoms with van der Waals surface area (Å²) < 4.78 is 7.12. The average molecular weight is 424 g/mol. The lowest BCUT2D eigenvalue weighted by Crippen LogP contribution is -2.18. The molecule has 8 heteroatoms. The first-order valence-electron chi connectivity index (χ1n) is 9.73. The summed E-state index contributed by atoms with van der Waals surface area (Å²) in [7, 11) is 0. The van der Waals surface area contributed by atoms with E-state index in [-0.39, 0.29) is 18.3 Å². The van der Waals surface area contributed by atoms with Crippen LogP contribution in [0.5, 0.6) is 0 Å². The van der Waals surface area contributed by atoms with E-state index < -0.39 is 0 Å². The number of amides is 1. The number of esters is 1. The van der Waals surface area contributed by atoms with Crippen molar-refractivity contribution in [3.63, 3.8) is 0 Å². The maximum atomic E-state index is 12.6. The molecular weight excluding hydrogens is 398 g/mol. The number of carbonyl (C=O) groups is 2. The molecule has 1 aliphatic carbocycles. The predicted octanol–water partition coefficient (Wildman–Crippen LogP) is 4.69. The van der Waals surface area contributed by atoms with Gasteiger partial charge in [-0.15, -0.1) is 11.3 Å². The standard InChI is InChI=1S/C20H26ClN3O3S/c1-4-11-27-20(26)17-14-7-5-6-8-15(14)28-19(17)22-16(25)9-10-24-13(3)18(21)12(2)23-24/h4-11H2,1-3H3,(H,22,25). The van der Waals surface area contributed by atoms with Crippen LogP contribution in [0.15, 0.2) is 0 Å². The van der Waals surface area contributed by atoms with Crippen LogP contribution >= 0.6 is 22.9 Å². The van der Waals surface area contributed by atoms with Crippen LogP contribution in [-0.2, 0) is 28.9 Å². The van der Waals surface area contributed by atoms with Gasteiger partial charge in [0.25, 0.3) is 0 Å². The predicted molar refractivity (Wildman–Crippen MR) is 111 cm³/mol. The zero-order valence-corrected chi connectivity index (χ0v) is 18.1. The van der Waals surface area contributed by atoms with Gasteiger partial charge in [0.15, 0.2) is 0 Å². The molecular formula is C20H26ClN3O3S. The Morgan fingerprint density at radius 2 is 2.04 bits per heavy atom. The molecule has 28 heavy (non-hydrogen) atoms. The van der Waals surface area contributed by atoms with E-state index in [4.69, 9.17) is 16.3 Å². The van der Waals surface area contributed by atoms with Crippen LogP contribution < -0.4 is 5.32 Å². The third-order valence-electron chi connectivity index (χ3n) is 4.91. The molecule has 2 heterocycles. The third kappa shape index (κ3) is 4.41. The zero-order valence-electron chi connectivity index (χ0n) is 16.6. The quantitative estimate of drug-likeness (QED) is 0.655. The summed E-state index contributed by atoms with van der Waals surface area (Å²) >= 11 is 7.67. The minimum Gasteiger partial charge on any atom is -0.462 e. The Kier molecular flexibility index (Phi) is 6.78. The molecule has 2 aromatic heterocycles. The maximum absolute atomic E-state index is 12.6. The molecule has 0 saturated heterocycles. The average Bonchev–Trinajstić information content (AvgIpc) is 3.16. The fraction of sp³-hybridized carbons (Fsp3) is 0.550. The number of carbonyl (C=O) groups excluding carboxylic acids is 2. The zero-order chi connectivity index (χ0) is 20.3. The molecule has 0 aliphatic heterocycles. The first kappa shape index (κ1) is 20.9. The van der Waals surface area contributed by atoms with E-state index in [1.807, 2.05) is 20.8 Å². The Bertz CT molecular complexity index is 888. The summed E-state index contributed by atoms with van der Waals surface area (Å²) in [5.74, 6) is -0.478. The van der Waals surface area contributed by atoms with Crippen LogP contribution in [0.25, 0.3) is 0 Å². The van der Waals surface area contributed by atoms with Gasteiger partial charge in [0.2, 0.25) is 5.91 Å². The molecule has 0 aromatic carbocycles. The second kappa shape index (κ2) is 9.09. The molecule has 1 N–H and O–H groups in total. The van der Waals surface area contributed by atoms with Gasteiger partial charge in [-0.25, -0.2) is 4.79 Å². The molecule has 2 aromatic rings. The van der Waals surface area contributed by atoms with Crippen molar-refractivity contribution in [3.05, 3.63) is 32.4 Å². The van der Waals surface area contributed by atoms with Crippen molar-refractivity contribution >= 4 is 39.8 Å². The van der Waals surface area contributed by atoms with Gasteiger partial charge < -0.3 is 10.1 Å². The van der Waals surface area contributed by atoms with Crippen LogP contribution in [0.3, 0.4) is 0 Å². The number of thiophene rings is 1. The highest BCUT2D eigenvalue weighted by molar-refractivity contribution is 7.17. The van der Waals surface area contributed by atoms with Crippen molar-refractivity contribution in [2.75, 3.05) is 11.9 Å². The molecule has 0 atom stereocenters. The van der Waals surface area contributed by atoms with Gasteiger partial charge in [0, 0.05) is 11.3 Å². The molecule has 0 fully saturated rings. The first-order valence-corrected chi connectivity index (χ1v) is 10.9. The van der Waals surface area contributed by atoms with E-state index >= 15 is 0 Å². The van der Waals surface area contributed by atoms with Gasteiger partial charge in [-0.1, -0.05) is 18.5 Å². The van der Waals surface area contributed by atoms with Crippen LogP contribution in [0.2, 0.25) is 5.02 Å². The molecule has 1 amide bonds. The molecule has 0 spiro atoms. The maximum Gasteiger partial charge on any atom is 0.341 e. The third-order valence-corrected chi connectivity index (χ3v) is 6.66. The van der Waals surface area contributed by atoms with Crippen molar-refractivity contribution in [3.8, 4) is 0 Å². The minimum absolute atomic E-state index is 0.146. The van der Waals surface area contributed by atoms with Crippen molar-refractivity contribution < 1.29 is 14.3 Å². The van der Waals surface area contributed by atoms with Gasteiger partial charge in [-0.3, -0.25) is 9.48 Å². The van der Waals surface area contributed by atoms with E-state index in [0.29, 0.717) is 28.7 Å². The van der Waals surface area contributed by atoms with Gasteiger partial charge in [-0.2, -0.15) is 5.10 Å². The number of rotatable bonds is 7. The van der Waals surface area contributed by atoms with Crippen molar-refractivity contribution in [1.29, 1.82) is 0 Å². The van der Waals surface area contributed by atoms with Crippen LogP contribution in [0, 0.1) is 13.8 Å². The summed E-state index contributed by atoms with van der Waals surface area (Å²) in [5, 5.41) is 8.54. The van der Waals surface area contributed by atoms with E-state index in [9.17, 15) is 9.59 Å². The molecule has 152 valence electrons. The summed E-state index contributed by atoms with van der Waals surface area (Å²) in [5.41, 5.74) is 3.21. The highest BCUT2D eigenvalue weighted by Crippen LogP contribution is 2.38. The fourth-order valence-electron chi connectivity index (χ4n) is 3.43. The number of hydrogen-bond acceptors (Lipinski definition) is 5. The monoisotopic (exact) mass is 423 g/mol. The number of hydrogen-bond donors (Lipinski definition) is 1. The molecule has 0 unspecified atom stereocenters. The van der Waals surface area contributed by atoms with E-state index in [0.717, 1.165) is 49.1 Å². The van der Waals surface area contributed by atoms with Gasteiger partial charge in [0.05, 0.1) is 35.1 Å². The Hall–Kier alpha value is -1.86. The molecule has 0 radical (unpaired) electrons. The largest absolute Gasteiger partial charge is 0.462 e. The summed E-state index contributed by atoms with van der Waals surface area (Å²) in [6.45, 7) is 6.51. The van der Waals surface area contributed by atoms with E-state index in [2.05, 4.69) is 10.4 Å². The minimum atomic E-state index is -0.332. The number of aromatic nitrogens is 2. The molecule has 0 bridgehead atoms. The normalized spacial score (nSPS) is 13.3. The Balaban J connectivity index is 1.73. The second-order valence-electron chi connectivity index (χ2n) is 7.06. The van der Waals surface area contributed by atoms with Crippen molar-refractivity contribution in [1.82, 2.24) is 9.78 Å². The molecule has 3 rings (SSSR count). The lowest BCUT2D eigenvalue weighted by Gasteiger charge is -2.12. The Labute approximate surface area is 174 Å². The van der Waals surface area contributed by atoms with Crippen LogP contribution in [0.4, 0.5) is 5.00 Å². The number of halogens is 1. The van der Waals surface area contributed by atoms with Gasteiger partial charge >= 0.3 is 5.97 Å². The summed E-state index contributed by atoms with van der Waals surface area (Å²) in [6, 6.07) is 0. The van der Waals surface area contributed by atoms with Crippen molar-refractivity contribution in [2.24, 2.45) is 0 Å². The number of anilines is 1. The first-order chi connectivity index (χ1) is 13.4. The molecule has 0 saturated carbocycles. The number of ether oxygens (including phenoxy) is 1. The smallest absolute Gasteiger partial charge is 0.341 e. The van der Waals surface area contributed by atoms with E-state index in [1.54, 1.807) is 4.68 Å². The molecule has 1 aliphatic rings. The van der Waals surface area contributed by atoms with Crippen LogP contribution in [-0.4, -0.2) is 28.3 Å². The lowest BCUT2D eigenvalue weighted by molar-refractivity contribution is -0.116. The number of fused-ring (bicyclic) bond motifs is 1. The van der Waals surface area contributed by atoms with Crippen LogP contribution in [0.1, 0.15) is 64.8 Å². The number of aryl methyl sites for hydroxylation is 3. The summed E-state index contributed by atoms with van der Waals surface area (Å²) in [6.07, 6.45) is 5.01. The van der Waals surface area contributed by atoms with Gasteiger partial charge in [-0.05, 0) is 51.5 Å². The number of nitrogens with zero attached hydrogens (tertiary/aromatic N) is 2. The topological polar surface area (TPSA) is 73.2 Å². The van der Waals surface area contributed by atoms with Crippen molar-refractivity contribution in [2.45, 2.75) is 65.8 Å². The molecule has 6 nitrogen and oxygen atoms in total. The Morgan fingerprint density at radius 3 is 2.71 bits per heavy atom. The fourth-order valence-corrected chi connectivity index (χ4v) is 4.86. The highest BCUT2D eigenvalue weighted by atomic mass is 35.5. The van der Waals surface area contributed by atoms with Gasteiger partial charge in [0.1, 0.15) is 5.00 Å². The highest BCUT2D eigenvalue weighted by Gasteiger charge is 2.27. The summed E-state index contributed by atoms with van der Waals surface area (Å²) in [4.78, 5) is 26.4. The second-order valence-corrected chi connectivity index (χ2v) is 8.54. The lowest BCUT2D eigenvalue weighted by atomic mass is 9.95. The van der Waals surface area contributed by atoms with E-state index in [1.165, 1.54) is 16.2 Å². The number of nitrogens with one attached hydrogen (secondary N) is 1.